The van der Waals surface area contributed by atoms with Crippen molar-refractivity contribution in [2.24, 2.45) is 0 Å². The van der Waals surface area contributed by atoms with E-state index in [0.29, 0.717) is 21.7 Å². The van der Waals surface area contributed by atoms with Crippen molar-refractivity contribution in [3.05, 3.63) is 63.4 Å². The van der Waals surface area contributed by atoms with Gasteiger partial charge in [0.1, 0.15) is 5.69 Å². The normalized spacial score (nSPS) is 10.6. The van der Waals surface area contributed by atoms with Gasteiger partial charge in [-0.2, -0.15) is 0 Å². The number of halogens is 3. The van der Waals surface area contributed by atoms with Gasteiger partial charge in [0, 0.05) is 5.02 Å². The lowest BCUT2D eigenvalue weighted by molar-refractivity contribution is 0.0958. The smallest absolute Gasteiger partial charge is 0.289 e. The Hall–Kier alpha value is -2.08. The lowest BCUT2D eigenvalue weighted by Gasteiger charge is -2.12. The lowest BCUT2D eigenvalue weighted by atomic mass is 10.3. The number of hydrazine groups is 1. The van der Waals surface area contributed by atoms with Gasteiger partial charge in [-0.15, -0.1) is 0 Å². The number of nitrogens with zero attached hydrogens (tertiary/aromatic N) is 2. The van der Waals surface area contributed by atoms with Gasteiger partial charge in [-0.05, 0) is 24.3 Å². The van der Waals surface area contributed by atoms with Crippen LogP contribution in [-0.4, -0.2) is 15.9 Å². The maximum atomic E-state index is 12.2. The number of aromatic nitrogens is 2. The number of benzene rings is 2. The Kier molecular flexibility index (Phi) is 4.52. The molecule has 0 spiro atoms. The van der Waals surface area contributed by atoms with Crippen LogP contribution < -0.4 is 10.9 Å². The van der Waals surface area contributed by atoms with Crippen molar-refractivity contribution in [2.45, 2.75) is 0 Å². The number of rotatable bonds is 3. The van der Waals surface area contributed by atoms with Gasteiger partial charge in [-0.3, -0.25) is 20.6 Å². The molecule has 8 heteroatoms. The van der Waals surface area contributed by atoms with E-state index in [9.17, 15) is 4.79 Å². The fourth-order valence-corrected chi connectivity index (χ4v) is 2.82. The van der Waals surface area contributed by atoms with Gasteiger partial charge >= 0.3 is 0 Å². The van der Waals surface area contributed by atoms with E-state index in [2.05, 4.69) is 20.8 Å². The zero-order valence-electron chi connectivity index (χ0n) is 11.5. The van der Waals surface area contributed by atoms with Gasteiger partial charge < -0.3 is 0 Å². The molecular weight excluding hydrogens is 359 g/mol. The molecule has 0 fully saturated rings. The molecule has 0 aliphatic rings. The highest BCUT2D eigenvalue weighted by Gasteiger charge is 2.12. The Morgan fingerprint density at radius 2 is 1.65 bits per heavy atom. The molecule has 3 rings (SSSR count). The third-order valence-electron chi connectivity index (χ3n) is 2.99. The monoisotopic (exact) mass is 366 g/mol. The molecule has 2 aromatic carbocycles. The number of fused-ring (bicyclic) bond motifs is 1. The molecule has 116 valence electrons. The highest BCUT2D eigenvalue weighted by molar-refractivity contribution is 6.41. The molecule has 0 saturated carbocycles. The Bertz CT molecular complexity index is 878. The van der Waals surface area contributed by atoms with E-state index < -0.39 is 5.91 Å². The molecule has 23 heavy (non-hydrogen) atoms. The number of anilines is 1. The average molecular weight is 368 g/mol. The molecule has 0 saturated heterocycles. The number of amides is 1. The summed E-state index contributed by atoms with van der Waals surface area (Å²) in [6.07, 6.45) is 1.39. The van der Waals surface area contributed by atoms with Crippen LogP contribution in [0.2, 0.25) is 15.1 Å². The number of carbonyl (C=O) groups is 1. The third kappa shape index (κ3) is 3.47. The van der Waals surface area contributed by atoms with Crippen molar-refractivity contribution in [1.82, 2.24) is 15.4 Å². The Morgan fingerprint density at radius 3 is 2.35 bits per heavy atom. The fourth-order valence-electron chi connectivity index (χ4n) is 1.91. The number of hydrogen-bond donors (Lipinski definition) is 2. The van der Waals surface area contributed by atoms with Crippen molar-refractivity contribution < 1.29 is 4.79 Å². The van der Waals surface area contributed by atoms with Crippen LogP contribution in [0.15, 0.2) is 42.6 Å². The molecule has 2 N–H and O–H groups in total. The summed E-state index contributed by atoms with van der Waals surface area (Å²) in [7, 11) is 0. The third-order valence-corrected chi connectivity index (χ3v) is 3.80. The summed E-state index contributed by atoms with van der Waals surface area (Å²) in [4.78, 5) is 20.6. The van der Waals surface area contributed by atoms with Crippen LogP contribution in [0.1, 0.15) is 10.5 Å². The van der Waals surface area contributed by atoms with Crippen molar-refractivity contribution >= 4 is 57.4 Å². The molecule has 3 aromatic rings. The topological polar surface area (TPSA) is 66.9 Å². The maximum Gasteiger partial charge on any atom is 0.289 e. The fraction of sp³-hybridized carbons (Fsp3) is 0. The molecule has 1 amide bonds. The van der Waals surface area contributed by atoms with Gasteiger partial charge in [0.15, 0.2) is 0 Å². The zero-order valence-corrected chi connectivity index (χ0v) is 13.7. The van der Waals surface area contributed by atoms with E-state index in [1.54, 1.807) is 6.07 Å². The highest BCUT2D eigenvalue weighted by Crippen LogP contribution is 2.33. The van der Waals surface area contributed by atoms with E-state index in [4.69, 9.17) is 34.8 Å². The summed E-state index contributed by atoms with van der Waals surface area (Å²) in [5.74, 6) is -0.467. The number of hydrogen-bond acceptors (Lipinski definition) is 4. The van der Waals surface area contributed by atoms with E-state index >= 15 is 0 Å². The lowest BCUT2D eigenvalue weighted by Crippen LogP contribution is -2.30. The van der Waals surface area contributed by atoms with E-state index in [1.165, 1.54) is 18.3 Å². The van der Waals surface area contributed by atoms with Crippen LogP contribution in [0.4, 0.5) is 5.69 Å². The largest absolute Gasteiger partial charge is 0.295 e. The van der Waals surface area contributed by atoms with Crippen molar-refractivity contribution in [3.63, 3.8) is 0 Å². The first-order valence-corrected chi connectivity index (χ1v) is 7.60. The average Bonchev–Trinajstić information content (AvgIpc) is 2.53. The van der Waals surface area contributed by atoms with Crippen LogP contribution in [-0.2, 0) is 0 Å². The summed E-state index contributed by atoms with van der Waals surface area (Å²) in [5.41, 5.74) is 6.99. The van der Waals surface area contributed by atoms with Gasteiger partial charge in [-0.25, -0.2) is 4.98 Å². The van der Waals surface area contributed by atoms with Gasteiger partial charge in [0.25, 0.3) is 5.91 Å². The van der Waals surface area contributed by atoms with Gasteiger partial charge in [0.2, 0.25) is 0 Å². The van der Waals surface area contributed by atoms with E-state index in [-0.39, 0.29) is 15.7 Å². The summed E-state index contributed by atoms with van der Waals surface area (Å²) in [6.45, 7) is 0. The minimum Gasteiger partial charge on any atom is -0.295 e. The summed E-state index contributed by atoms with van der Waals surface area (Å²) < 4.78 is 0. The minimum absolute atomic E-state index is 0.164. The van der Waals surface area contributed by atoms with E-state index in [1.807, 2.05) is 18.2 Å². The zero-order chi connectivity index (χ0) is 16.4. The summed E-state index contributed by atoms with van der Waals surface area (Å²) >= 11 is 17.9. The number of nitrogens with one attached hydrogen (secondary N) is 2. The second kappa shape index (κ2) is 6.58. The molecule has 0 aliphatic carbocycles. The first-order valence-electron chi connectivity index (χ1n) is 6.47. The molecule has 5 nitrogen and oxygen atoms in total. The maximum absolute atomic E-state index is 12.2. The molecule has 0 aliphatic heterocycles. The molecular formula is C15H9Cl3N4O. The Labute approximate surface area is 146 Å². The summed E-state index contributed by atoms with van der Waals surface area (Å²) in [6, 6.07) is 10.3. The first-order chi connectivity index (χ1) is 11.0. The number of carbonyl (C=O) groups excluding carboxylic acids is 1. The molecule has 1 aromatic heterocycles. The molecule has 0 unspecified atom stereocenters. The van der Waals surface area contributed by atoms with Crippen LogP contribution in [0.25, 0.3) is 11.0 Å². The van der Waals surface area contributed by atoms with Gasteiger partial charge in [0.05, 0.1) is 33.0 Å². The van der Waals surface area contributed by atoms with Crippen LogP contribution in [0, 0.1) is 0 Å². The van der Waals surface area contributed by atoms with Crippen molar-refractivity contribution in [2.75, 3.05) is 5.43 Å². The predicted molar refractivity (Wildman–Crippen MR) is 92.1 cm³/mol. The Balaban J connectivity index is 1.79. The van der Waals surface area contributed by atoms with Crippen LogP contribution >= 0.6 is 34.8 Å². The molecule has 0 bridgehead atoms. The standard InChI is InChI=1S/C15H9Cl3N4O/c16-8-5-9(17)14(10(18)6-8)21-22-15(23)13-7-19-11-3-1-2-4-12(11)20-13/h1-7,21H,(H,22,23). The van der Waals surface area contributed by atoms with Gasteiger partial charge in [-0.1, -0.05) is 46.9 Å². The quantitative estimate of drug-likeness (QED) is 0.676. The Morgan fingerprint density at radius 1 is 1.00 bits per heavy atom. The van der Waals surface area contributed by atoms with Crippen LogP contribution in [0.5, 0.6) is 0 Å². The summed E-state index contributed by atoms with van der Waals surface area (Å²) in [5, 5.41) is 0.970. The second-order valence-electron chi connectivity index (χ2n) is 4.57. The van der Waals surface area contributed by atoms with Crippen molar-refractivity contribution in [1.29, 1.82) is 0 Å². The predicted octanol–water partition coefficient (Wildman–Crippen LogP) is 4.35. The number of para-hydroxylation sites is 2. The SMILES string of the molecule is O=C(NNc1c(Cl)cc(Cl)cc1Cl)c1cnc2ccccc2n1. The van der Waals surface area contributed by atoms with Crippen LogP contribution in [0.3, 0.4) is 0 Å². The highest BCUT2D eigenvalue weighted by atomic mass is 35.5. The molecule has 0 radical (unpaired) electrons. The first kappa shape index (κ1) is 15.8. The molecule has 0 atom stereocenters. The van der Waals surface area contributed by atoms with Crippen molar-refractivity contribution in [3.8, 4) is 0 Å². The second-order valence-corrected chi connectivity index (χ2v) is 5.82. The minimum atomic E-state index is -0.467. The molecule has 1 heterocycles. The van der Waals surface area contributed by atoms with E-state index in [0.717, 1.165) is 0 Å².